The van der Waals surface area contributed by atoms with Crippen molar-refractivity contribution in [2.24, 2.45) is 7.05 Å². The molecule has 0 radical (unpaired) electrons. The predicted octanol–water partition coefficient (Wildman–Crippen LogP) is 1.76. The molecule has 0 saturated carbocycles. The topological polar surface area (TPSA) is 34.9 Å². The first-order valence-electron chi connectivity index (χ1n) is 3.29. The predicted molar refractivity (Wildman–Crippen MR) is 52.6 cm³/mol. The Morgan fingerprint density at radius 3 is 3.17 bits per heavy atom. The Bertz CT molecular complexity index is 488. The van der Waals surface area contributed by atoms with Crippen LogP contribution in [0.3, 0.4) is 0 Å². The van der Waals surface area contributed by atoms with Crippen molar-refractivity contribution in [1.29, 1.82) is 0 Å². The van der Waals surface area contributed by atoms with E-state index in [4.69, 9.17) is 0 Å². The molecule has 0 aliphatic rings. The standard InChI is InChI=1S/C7H5BrN2OS/c1-10-7(11)6-4(8)3-12-5(6)2-9-10/h2-3H,1H3. The van der Waals surface area contributed by atoms with E-state index in [1.54, 1.807) is 13.2 Å². The van der Waals surface area contributed by atoms with Gasteiger partial charge in [-0.15, -0.1) is 11.3 Å². The molecular formula is C7H5BrN2OS. The van der Waals surface area contributed by atoms with Gasteiger partial charge in [0, 0.05) is 16.9 Å². The molecule has 0 bridgehead atoms. The van der Waals surface area contributed by atoms with Gasteiger partial charge in [-0.3, -0.25) is 4.79 Å². The zero-order chi connectivity index (χ0) is 8.72. The van der Waals surface area contributed by atoms with Crippen LogP contribution in [0.5, 0.6) is 0 Å². The van der Waals surface area contributed by atoms with Gasteiger partial charge in [0.2, 0.25) is 0 Å². The second kappa shape index (κ2) is 2.67. The van der Waals surface area contributed by atoms with Crippen molar-refractivity contribution in [2.45, 2.75) is 0 Å². The quantitative estimate of drug-likeness (QED) is 0.708. The fourth-order valence-corrected chi connectivity index (χ4v) is 2.57. The molecule has 2 aromatic heterocycles. The molecule has 62 valence electrons. The number of nitrogens with zero attached hydrogens (tertiary/aromatic N) is 2. The molecule has 0 fully saturated rings. The van der Waals surface area contributed by atoms with Crippen molar-refractivity contribution in [3.05, 3.63) is 26.4 Å². The van der Waals surface area contributed by atoms with Gasteiger partial charge in [0.25, 0.3) is 5.56 Å². The lowest BCUT2D eigenvalue weighted by Gasteiger charge is -1.94. The molecule has 2 heterocycles. The van der Waals surface area contributed by atoms with Gasteiger partial charge >= 0.3 is 0 Å². The van der Waals surface area contributed by atoms with Crippen molar-refractivity contribution in [1.82, 2.24) is 9.78 Å². The molecule has 0 unspecified atom stereocenters. The van der Waals surface area contributed by atoms with Crippen LogP contribution in [0.25, 0.3) is 10.1 Å². The molecule has 0 spiro atoms. The molecule has 3 nitrogen and oxygen atoms in total. The Kier molecular flexibility index (Phi) is 1.77. The molecule has 0 saturated heterocycles. The lowest BCUT2D eigenvalue weighted by atomic mass is 10.4. The fraction of sp³-hybridized carbons (Fsp3) is 0.143. The zero-order valence-corrected chi connectivity index (χ0v) is 8.65. The Balaban J connectivity index is 3.06. The monoisotopic (exact) mass is 244 g/mol. The largest absolute Gasteiger partial charge is 0.276 e. The number of aryl methyl sites for hydroxylation is 1. The molecule has 0 atom stereocenters. The SMILES string of the molecule is Cn1ncc2scc(Br)c2c1=O. The van der Waals surface area contributed by atoms with Crippen molar-refractivity contribution >= 4 is 37.4 Å². The van der Waals surface area contributed by atoms with E-state index in [2.05, 4.69) is 21.0 Å². The number of halogens is 1. The van der Waals surface area contributed by atoms with Gasteiger partial charge in [-0.1, -0.05) is 0 Å². The molecular weight excluding hydrogens is 240 g/mol. The molecule has 2 rings (SSSR count). The molecule has 0 aromatic carbocycles. The summed E-state index contributed by atoms with van der Waals surface area (Å²) in [5.41, 5.74) is -0.0550. The molecule has 2 aromatic rings. The van der Waals surface area contributed by atoms with Crippen LogP contribution in [-0.4, -0.2) is 9.78 Å². The van der Waals surface area contributed by atoms with Crippen LogP contribution in [0.1, 0.15) is 0 Å². The average Bonchev–Trinajstić information content (AvgIpc) is 2.41. The Labute approximate surface area is 80.8 Å². The maximum absolute atomic E-state index is 11.5. The first-order chi connectivity index (χ1) is 5.70. The molecule has 12 heavy (non-hydrogen) atoms. The second-order valence-corrected chi connectivity index (χ2v) is 4.16. The van der Waals surface area contributed by atoms with Crippen LogP contribution < -0.4 is 5.56 Å². The summed E-state index contributed by atoms with van der Waals surface area (Å²) in [5, 5.41) is 6.53. The van der Waals surface area contributed by atoms with Crippen LogP contribution in [0.4, 0.5) is 0 Å². The molecule has 0 aliphatic carbocycles. The van der Waals surface area contributed by atoms with Crippen molar-refractivity contribution < 1.29 is 0 Å². The van der Waals surface area contributed by atoms with Gasteiger partial charge in [0.15, 0.2) is 0 Å². The van der Waals surface area contributed by atoms with Gasteiger partial charge in [-0.05, 0) is 15.9 Å². The molecule has 0 amide bonds. The average molecular weight is 245 g/mol. The lowest BCUT2D eigenvalue weighted by Crippen LogP contribution is -2.18. The van der Waals surface area contributed by atoms with Gasteiger partial charge < -0.3 is 0 Å². The van der Waals surface area contributed by atoms with E-state index in [1.807, 2.05) is 5.38 Å². The molecule has 0 aliphatic heterocycles. The summed E-state index contributed by atoms with van der Waals surface area (Å²) in [6, 6.07) is 0. The number of rotatable bonds is 0. The highest BCUT2D eigenvalue weighted by molar-refractivity contribution is 9.10. The van der Waals surface area contributed by atoms with E-state index >= 15 is 0 Å². The van der Waals surface area contributed by atoms with E-state index < -0.39 is 0 Å². The fourth-order valence-electron chi connectivity index (χ4n) is 1.01. The van der Waals surface area contributed by atoms with E-state index in [1.165, 1.54) is 16.0 Å². The normalized spacial score (nSPS) is 10.8. The third kappa shape index (κ3) is 1.01. The third-order valence-corrected chi connectivity index (χ3v) is 3.48. The number of hydrogen-bond donors (Lipinski definition) is 0. The maximum atomic E-state index is 11.5. The summed E-state index contributed by atoms with van der Waals surface area (Å²) >= 11 is 4.84. The van der Waals surface area contributed by atoms with Crippen LogP contribution in [0.15, 0.2) is 20.8 Å². The van der Waals surface area contributed by atoms with Crippen LogP contribution in [0, 0.1) is 0 Å². The highest BCUT2D eigenvalue weighted by atomic mass is 79.9. The summed E-state index contributed by atoms with van der Waals surface area (Å²) < 4.78 is 3.11. The maximum Gasteiger partial charge on any atom is 0.276 e. The van der Waals surface area contributed by atoms with E-state index in [0.29, 0.717) is 0 Å². The minimum Gasteiger partial charge on any atom is -0.267 e. The van der Waals surface area contributed by atoms with Gasteiger partial charge in [0.05, 0.1) is 16.3 Å². The Morgan fingerprint density at radius 1 is 1.67 bits per heavy atom. The van der Waals surface area contributed by atoms with Crippen LogP contribution in [0.2, 0.25) is 0 Å². The highest BCUT2D eigenvalue weighted by Crippen LogP contribution is 2.26. The van der Waals surface area contributed by atoms with Gasteiger partial charge in [-0.25, -0.2) is 4.68 Å². The van der Waals surface area contributed by atoms with Crippen molar-refractivity contribution in [2.75, 3.05) is 0 Å². The van der Waals surface area contributed by atoms with Crippen molar-refractivity contribution in [3.8, 4) is 0 Å². The summed E-state index contributed by atoms with van der Waals surface area (Å²) in [5.74, 6) is 0. The first-order valence-corrected chi connectivity index (χ1v) is 4.96. The smallest absolute Gasteiger partial charge is 0.267 e. The summed E-state index contributed by atoms with van der Waals surface area (Å²) in [4.78, 5) is 11.5. The zero-order valence-electron chi connectivity index (χ0n) is 6.24. The van der Waals surface area contributed by atoms with Gasteiger partial charge in [-0.2, -0.15) is 5.10 Å². The molecule has 0 N–H and O–H groups in total. The number of hydrogen-bond acceptors (Lipinski definition) is 3. The summed E-state index contributed by atoms with van der Waals surface area (Å²) in [6.45, 7) is 0. The van der Waals surface area contributed by atoms with E-state index in [0.717, 1.165) is 14.6 Å². The van der Waals surface area contributed by atoms with Gasteiger partial charge in [0.1, 0.15) is 0 Å². The number of aromatic nitrogens is 2. The van der Waals surface area contributed by atoms with E-state index in [-0.39, 0.29) is 5.56 Å². The minimum absolute atomic E-state index is 0.0550. The summed E-state index contributed by atoms with van der Waals surface area (Å²) in [7, 11) is 1.64. The number of thiophene rings is 1. The van der Waals surface area contributed by atoms with Crippen LogP contribution in [-0.2, 0) is 7.05 Å². The number of fused-ring (bicyclic) bond motifs is 1. The third-order valence-electron chi connectivity index (χ3n) is 1.63. The molecule has 5 heteroatoms. The highest BCUT2D eigenvalue weighted by Gasteiger charge is 2.06. The van der Waals surface area contributed by atoms with Crippen LogP contribution >= 0.6 is 27.3 Å². The van der Waals surface area contributed by atoms with Crippen molar-refractivity contribution in [3.63, 3.8) is 0 Å². The lowest BCUT2D eigenvalue weighted by molar-refractivity contribution is 0.719. The first kappa shape index (κ1) is 7.94. The van der Waals surface area contributed by atoms with E-state index in [9.17, 15) is 4.79 Å². The summed E-state index contributed by atoms with van der Waals surface area (Å²) in [6.07, 6.45) is 1.70. The Morgan fingerprint density at radius 2 is 2.42 bits per heavy atom. The second-order valence-electron chi connectivity index (χ2n) is 2.40. The Hall–Kier alpha value is -0.680. The minimum atomic E-state index is -0.0550.